The van der Waals surface area contributed by atoms with Crippen LogP contribution in [0.2, 0.25) is 5.02 Å². The van der Waals surface area contributed by atoms with Crippen LogP contribution < -0.4 is 10.1 Å². The fraction of sp³-hybridized carbons (Fsp3) is 0.538. The van der Waals surface area contributed by atoms with Gasteiger partial charge in [-0.3, -0.25) is 0 Å². The van der Waals surface area contributed by atoms with Crippen LogP contribution in [-0.2, 0) is 6.42 Å². The molecule has 0 bridgehead atoms. The summed E-state index contributed by atoms with van der Waals surface area (Å²) in [5.74, 6) is 0.692. The molecule has 0 spiro atoms. The van der Waals surface area contributed by atoms with E-state index in [0.717, 1.165) is 37.9 Å². The van der Waals surface area contributed by atoms with Crippen molar-refractivity contribution in [1.29, 1.82) is 0 Å². The largest absolute Gasteiger partial charge is 0.435 e. The molecule has 0 amide bonds. The highest BCUT2D eigenvalue weighted by molar-refractivity contribution is 6.30. The first kappa shape index (κ1) is 13.6. The molecular weight excluding hydrogens is 260 g/mol. The van der Waals surface area contributed by atoms with Crippen LogP contribution in [0.1, 0.15) is 18.4 Å². The van der Waals surface area contributed by atoms with E-state index in [0.29, 0.717) is 10.9 Å². The molecule has 1 aromatic carbocycles. The predicted molar refractivity (Wildman–Crippen MR) is 67.4 cm³/mol. The number of benzene rings is 1. The van der Waals surface area contributed by atoms with Crippen LogP contribution in [-0.4, -0.2) is 19.7 Å². The molecule has 18 heavy (non-hydrogen) atoms. The summed E-state index contributed by atoms with van der Waals surface area (Å²) in [4.78, 5) is 0. The Morgan fingerprint density at radius 2 is 2.28 bits per heavy atom. The van der Waals surface area contributed by atoms with Gasteiger partial charge in [0, 0.05) is 5.02 Å². The van der Waals surface area contributed by atoms with E-state index in [9.17, 15) is 8.78 Å². The molecule has 1 unspecified atom stereocenters. The number of alkyl halides is 2. The van der Waals surface area contributed by atoms with Gasteiger partial charge < -0.3 is 10.1 Å². The maximum Gasteiger partial charge on any atom is 0.387 e. The third-order valence-electron chi connectivity index (χ3n) is 3.15. The molecule has 1 heterocycles. The van der Waals surface area contributed by atoms with Gasteiger partial charge in [-0.2, -0.15) is 8.78 Å². The smallest absolute Gasteiger partial charge is 0.387 e. The number of hydrogen-bond donors (Lipinski definition) is 1. The van der Waals surface area contributed by atoms with Crippen molar-refractivity contribution in [3.05, 3.63) is 28.8 Å². The summed E-state index contributed by atoms with van der Waals surface area (Å²) in [7, 11) is 0. The van der Waals surface area contributed by atoms with Gasteiger partial charge in [-0.1, -0.05) is 11.6 Å². The van der Waals surface area contributed by atoms with Gasteiger partial charge in [0.05, 0.1) is 0 Å². The summed E-state index contributed by atoms with van der Waals surface area (Å²) >= 11 is 5.91. The third kappa shape index (κ3) is 3.82. The average Bonchev–Trinajstić information content (AvgIpc) is 2.33. The lowest BCUT2D eigenvalue weighted by molar-refractivity contribution is -0.0505. The highest BCUT2D eigenvalue weighted by Gasteiger charge is 2.17. The minimum atomic E-state index is -2.80. The van der Waals surface area contributed by atoms with Crippen LogP contribution in [0.25, 0.3) is 0 Å². The second kappa shape index (κ2) is 6.34. The van der Waals surface area contributed by atoms with Crippen LogP contribution in [0.5, 0.6) is 5.75 Å². The Morgan fingerprint density at radius 3 is 2.94 bits per heavy atom. The Kier molecular flexibility index (Phi) is 4.78. The van der Waals surface area contributed by atoms with Gasteiger partial charge in [-0.25, -0.2) is 0 Å². The topological polar surface area (TPSA) is 21.3 Å². The van der Waals surface area contributed by atoms with Gasteiger partial charge in [0.2, 0.25) is 0 Å². The van der Waals surface area contributed by atoms with Crippen molar-refractivity contribution >= 4 is 11.6 Å². The molecule has 100 valence electrons. The molecule has 5 heteroatoms. The van der Waals surface area contributed by atoms with Gasteiger partial charge in [0.25, 0.3) is 0 Å². The van der Waals surface area contributed by atoms with Crippen LogP contribution in [0, 0.1) is 5.92 Å². The molecule has 1 fully saturated rings. The first-order valence-electron chi connectivity index (χ1n) is 6.09. The number of nitrogens with one attached hydrogen (secondary N) is 1. The van der Waals surface area contributed by atoms with Gasteiger partial charge >= 0.3 is 6.61 Å². The number of piperidine rings is 1. The monoisotopic (exact) mass is 275 g/mol. The summed E-state index contributed by atoms with van der Waals surface area (Å²) in [6, 6.07) is 4.80. The minimum Gasteiger partial charge on any atom is -0.435 e. The molecular formula is C13H16ClF2NO. The first-order chi connectivity index (χ1) is 8.65. The number of rotatable bonds is 4. The van der Waals surface area contributed by atoms with Crippen molar-refractivity contribution < 1.29 is 13.5 Å². The standard InChI is InChI=1S/C13H16ClF2NO/c14-11-3-4-12(18-13(15)16)10(7-11)6-9-2-1-5-17-8-9/h3-4,7,9,13,17H,1-2,5-6,8H2. The summed E-state index contributed by atoms with van der Waals surface area (Å²) in [5, 5.41) is 3.86. The Morgan fingerprint density at radius 1 is 1.44 bits per heavy atom. The fourth-order valence-electron chi connectivity index (χ4n) is 2.33. The molecule has 0 aliphatic carbocycles. The second-order valence-corrected chi connectivity index (χ2v) is 4.98. The van der Waals surface area contributed by atoms with Crippen molar-refractivity contribution in [2.24, 2.45) is 5.92 Å². The zero-order valence-electron chi connectivity index (χ0n) is 9.96. The molecule has 0 radical (unpaired) electrons. The highest BCUT2D eigenvalue weighted by atomic mass is 35.5. The quantitative estimate of drug-likeness (QED) is 0.908. The third-order valence-corrected chi connectivity index (χ3v) is 3.38. The average molecular weight is 276 g/mol. The van der Waals surface area contributed by atoms with Crippen LogP contribution in [0.4, 0.5) is 8.78 Å². The number of halogens is 3. The predicted octanol–water partition coefficient (Wildman–Crippen LogP) is 3.48. The summed E-state index contributed by atoms with van der Waals surface area (Å²) < 4.78 is 29.2. The Hall–Kier alpha value is -0.870. The number of hydrogen-bond acceptors (Lipinski definition) is 2. The summed E-state index contributed by atoms with van der Waals surface area (Å²) in [6.45, 7) is -0.845. The molecule has 1 aromatic rings. The van der Waals surface area contributed by atoms with E-state index < -0.39 is 6.61 Å². The van der Waals surface area contributed by atoms with Gasteiger partial charge in [0.15, 0.2) is 0 Å². The van der Waals surface area contributed by atoms with E-state index >= 15 is 0 Å². The number of ether oxygens (including phenoxy) is 1. The minimum absolute atomic E-state index is 0.236. The van der Waals surface area contributed by atoms with Crippen molar-refractivity contribution in [2.45, 2.75) is 25.9 Å². The van der Waals surface area contributed by atoms with E-state index in [1.807, 2.05) is 0 Å². The molecule has 1 aliphatic heterocycles. The molecule has 1 atom stereocenters. The SMILES string of the molecule is FC(F)Oc1ccc(Cl)cc1CC1CCCNC1. The lowest BCUT2D eigenvalue weighted by Crippen LogP contribution is -2.31. The molecule has 1 N–H and O–H groups in total. The van der Waals surface area contributed by atoms with Crippen molar-refractivity contribution in [3.8, 4) is 5.75 Å². The van der Waals surface area contributed by atoms with Crippen LogP contribution in [0.15, 0.2) is 18.2 Å². The Balaban J connectivity index is 2.10. The van der Waals surface area contributed by atoms with Crippen LogP contribution in [0.3, 0.4) is 0 Å². The first-order valence-corrected chi connectivity index (χ1v) is 6.47. The zero-order chi connectivity index (χ0) is 13.0. The van der Waals surface area contributed by atoms with E-state index in [1.165, 1.54) is 6.07 Å². The Labute approximate surface area is 110 Å². The second-order valence-electron chi connectivity index (χ2n) is 4.55. The van der Waals surface area contributed by atoms with E-state index in [1.54, 1.807) is 12.1 Å². The fourth-order valence-corrected chi connectivity index (χ4v) is 2.52. The Bertz CT molecular complexity index is 395. The van der Waals surface area contributed by atoms with Crippen molar-refractivity contribution in [1.82, 2.24) is 5.32 Å². The maximum atomic E-state index is 12.3. The summed E-state index contributed by atoms with van der Waals surface area (Å²) in [5.41, 5.74) is 0.761. The van der Waals surface area contributed by atoms with Gasteiger partial charge in [-0.05, 0) is 62.0 Å². The van der Waals surface area contributed by atoms with Gasteiger partial charge in [-0.15, -0.1) is 0 Å². The highest BCUT2D eigenvalue weighted by Crippen LogP contribution is 2.28. The van der Waals surface area contributed by atoms with E-state index in [2.05, 4.69) is 10.1 Å². The van der Waals surface area contributed by atoms with Crippen molar-refractivity contribution in [2.75, 3.05) is 13.1 Å². The molecule has 1 saturated heterocycles. The molecule has 1 aliphatic rings. The van der Waals surface area contributed by atoms with E-state index in [4.69, 9.17) is 11.6 Å². The van der Waals surface area contributed by atoms with E-state index in [-0.39, 0.29) is 5.75 Å². The molecule has 2 rings (SSSR count). The van der Waals surface area contributed by atoms with Gasteiger partial charge in [0.1, 0.15) is 5.75 Å². The van der Waals surface area contributed by atoms with Crippen molar-refractivity contribution in [3.63, 3.8) is 0 Å². The molecule has 2 nitrogen and oxygen atoms in total. The molecule has 0 aromatic heterocycles. The molecule has 0 saturated carbocycles. The lowest BCUT2D eigenvalue weighted by atomic mass is 9.92. The normalized spacial score (nSPS) is 20.1. The van der Waals surface area contributed by atoms with Crippen LogP contribution >= 0.6 is 11.6 Å². The lowest BCUT2D eigenvalue weighted by Gasteiger charge is -2.23. The maximum absolute atomic E-state index is 12.3. The summed E-state index contributed by atoms with van der Waals surface area (Å²) in [6.07, 6.45) is 2.94. The zero-order valence-corrected chi connectivity index (χ0v) is 10.7.